The topological polar surface area (TPSA) is 51.3 Å². The Labute approximate surface area is 139 Å². The van der Waals surface area contributed by atoms with Crippen molar-refractivity contribution < 1.29 is 4.79 Å². The van der Waals surface area contributed by atoms with Crippen molar-refractivity contribution in [1.82, 2.24) is 9.47 Å². The molecule has 1 unspecified atom stereocenters. The molecule has 1 aliphatic rings. The predicted octanol–water partition coefficient (Wildman–Crippen LogP) is 3.89. The lowest BCUT2D eigenvalue weighted by Gasteiger charge is -2.26. The predicted molar refractivity (Wildman–Crippen MR) is 89.3 cm³/mol. The number of nitrogens with two attached hydrogens (primary N) is 1. The Morgan fingerprint density at radius 1 is 1.32 bits per heavy atom. The number of carbonyl (C=O) groups is 1. The van der Waals surface area contributed by atoms with Gasteiger partial charge >= 0.3 is 0 Å². The minimum Gasteiger partial charge on any atom is -0.396 e. The van der Waals surface area contributed by atoms with E-state index in [1.807, 2.05) is 34.8 Å². The zero-order chi connectivity index (χ0) is 15.9. The number of benzene rings is 1. The Morgan fingerprint density at radius 3 is 2.77 bits per heavy atom. The van der Waals surface area contributed by atoms with Crippen LogP contribution in [0.25, 0.3) is 0 Å². The van der Waals surface area contributed by atoms with Gasteiger partial charge in [-0.1, -0.05) is 23.2 Å². The van der Waals surface area contributed by atoms with E-state index in [9.17, 15) is 4.79 Å². The fourth-order valence-electron chi connectivity index (χ4n) is 3.03. The number of aryl methyl sites for hydroxylation is 1. The molecule has 1 aromatic carbocycles. The van der Waals surface area contributed by atoms with Crippen LogP contribution in [0.5, 0.6) is 0 Å². The van der Waals surface area contributed by atoms with Gasteiger partial charge in [0.2, 0.25) is 0 Å². The Morgan fingerprint density at radius 2 is 2.09 bits per heavy atom. The number of hydrogen-bond acceptors (Lipinski definition) is 2. The number of aromatic nitrogens is 1. The van der Waals surface area contributed by atoms with Gasteiger partial charge in [0.25, 0.3) is 5.91 Å². The van der Waals surface area contributed by atoms with E-state index < -0.39 is 0 Å². The molecule has 0 saturated carbocycles. The van der Waals surface area contributed by atoms with E-state index >= 15 is 0 Å². The van der Waals surface area contributed by atoms with Crippen molar-refractivity contribution >= 4 is 34.8 Å². The molecular weight excluding hydrogens is 321 g/mol. The monoisotopic (exact) mass is 337 g/mol. The van der Waals surface area contributed by atoms with E-state index in [2.05, 4.69) is 0 Å². The van der Waals surface area contributed by atoms with E-state index in [4.69, 9.17) is 28.9 Å². The number of hydrogen-bond donors (Lipinski definition) is 1. The second-order valence-corrected chi connectivity index (χ2v) is 6.31. The Hall–Kier alpha value is -1.65. The van der Waals surface area contributed by atoms with Crippen LogP contribution in [-0.2, 0) is 7.05 Å². The van der Waals surface area contributed by atoms with Gasteiger partial charge in [0.15, 0.2) is 0 Å². The van der Waals surface area contributed by atoms with Crippen molar-refractivity contribution in [2.75, 3.05) is 12.3 Å². The maximum atomic E-state index is 12.9. The molecule has 1 fully saturated rings. The second-order valence-electron chi connectivity index (χ2n) is 5.52. The van der Waals surface area contributed by atoms with Crippen LogP contribution in [0.4, 0.5) is 5.69 Å². The van der Waals surface area contributed by atoms with E-state index in [1.54, 1.807) is 12.1 Å². The van der Waals surface area contributed by atoms with Crippen molar-refractivity contribution in [2.24, 2.45) is 7.05 Å². The molecule has 0 radical (unpaired) electrons. The van der Waals surface area contributed by atoms with Gasteiger partial charge in [-0.15, -0.1) is 0 Å². The van der Waals surface area contributed by atoms with Gasteiger partial charge in [-0.3, -0.25) is 4.79 Å². The highest BCUT2D eigenvalue weighted by Crippen LogP contribution is 2.36. The zero-order valence-corrected chi connectivity index (χ0v) is 13.7. The highest BCUT2D eigenvalue weighted by molar-refractivity contribution is 6.40. The van der Waals surface area contributed by atoms with Crippen LogP contribution in [0, 0.1) is 0 Å². The number of anilines is 1. The maximum Gasteiger partial charge on any atom is 0.256 e. The fourth-order valence-corrected chi connectivity index (χ4v) is 3.48. The third-order valence-electron chi connectivity index (χ3n) is 4.20. The quantitative estimate of drug-likeness (QED) is 0.845. The number of nitrogens with zero attached hydrogens (tertiary/aromatic N) is 2. The van der Waals surface area contributed by atoms with Crippen molar-refractivity contribution in [3.05, 3.63) is 51.8 Å². The molecule has 1 amide bonds. The Bertz CT molecular complexity index is 726. The SMILES string of the molecule is Cn1cccc1C1CCCN1C(=O)c1ccc(Cl)c(N)c1Cl. The van der Waals surface area contributed by atoms with Gasteiger partial charge < -0.3 is 15.2 Å². The van der Waals surface area contributed by atoms with Crippen molar-refractivity contribution in [1.29, 1.82) is 0 Å². The first-order chi connectivity index (χ1) is 10.5. The molecular formula is C16H17Cl2N3O. The average molecular weight is 338 g/mol. The van der Waals surface area contributed by atoms with E-state index in [0.29, 0.717) is 17.1 Å². The summed E-state index contributed by atoms with van der Waals surface area (Å²) in [6.45, 7) is 0.716. The van der Waals surface area contributed by atoms with Crippen LogP contribution < -0.4 is 5.73 Å². The standard InChI is InChI=1S/C16H17Cl2N3O/c1-20-8-2-4-12(20)13-5-3-9-21(13)16(22)10-6-7-11(17)15(19)14(10)18/h2,4,6-8,13H,3,5,9,19H2,1H3. The molecule has 22 heavy (non-hydrogen) atoms. The van der Waals surface area contributed by atoms with Crippen LogP contribution in [-0.4, -0.2) is 21.9 Å². The molecule has 1 atom stereocenters. The second kappa shape index (κ2) is 5.86. The molecule has 1 saturated heterocycles. The van der Waals surface area contributed by atoms with Crippen molar-refractivity contribution in [3.8, 4) is 0 Å². The average Bonchev–Trinajstić information content (AvgIpc) is 3.12. The summed E-state index contributed by atoms with van der Waals surface area (Å²) in [7, 11) is 1.99. The summed E-state index contributed by atoms with van der Waals surface area (Å²) >= 11 is 12.2. The van der Waals surface area contributed by atoms with Crippen LogP contribution >= 0.6 is 23.2 Å². The van der Waals surface area contributed by atoms with Gasteiger partial charge in [0, 0.05) is 25.5 Å². The van der Waals surface area contributed by atoms with Gasteiger partial charge in [0.1, 0.15) is 0 Å². The normalized spacial score (nSPS) is 18.0. The Balaban J connectivity index is 1.95. The molecule has 4 nitrogen and oxygen atoms in total. The molecule has 116 valence electrons. The number of likely N-dealkylation sites (tertiary alicyclic amines) is 1. The van der Waals surface area contributed by atoms with Gasteiger partial charge in [-0.2, -0.15) is 0 Å². The maximum absolute atomic E-state index is 12.9. The van der Waals surface area contributed by atoms with E-state index in [-0.39, 0.29) is 22.7 Å². The summed E-state index contributed by atoms with van der Waals surface area (Å²) < 4.78 is 2.05. The third-order valence-corrected chi connectivity index (χ3v) is 4.93. The minimum atomic E-state index is -0.0999. The summed E-state index contributed by atoms with van der Waals surface area (Å²) in [5.74, 6) is -0.0999. The van der Waals surface area contributed by atoms with Crippen LogP contribution in [0.1, 0.15) is 34.9 Å². The fraction of sp³-hybridized carbons (Fsp3) is 0.312. The smallest absolute Gasteiger partial charge is 0.256 e. The molecule has 6 heteroatoms. The number of rotatable bonds is 2. The highest BCUT2D eigenvalue weighted by atomic mass is 35.5. The molecule has 3 rings (SSSR count). The lowest BCUT2D eigenvalue weighted by Crippen LogP contribution is -2.31. The minimum absolute atomic E-state index is 0.0699. The van der Waals surface area contributed by atoms with Crippen LogP contribution in [0.3, 0.4) is 0 Å². The summed E-state index contributed by atoms with van der Waals surface area (Å²) in [6.07, 6.45) is 3.91. The molecule has 0 bridgehead atoms. The molecule has 1 aromatic heterocycles. The van der Waals surface area contributed by atoms with Crippen molar-refractivity contribution in [2.45, 2.75) is 18.9 Å². The largest absolute Gasteiger partial charge is 0.396 e. The summed E-state index contributed by atoms with van der Waals surface area (Å²) in [6, 6.07) is 7.37. The first-order valence-corrected chi connectivity index (χ1v) is 7.92. The summed E-state index contributed by atoms with van der Waals surface area (Å²) in [5, 5.41) is 0.594. The molecule has 0 spiro atoms. The molecule has 1 aliphatic heterocycles. The highest BCUT2D eigenvalue weighted by Gasteiger charge is 2.33. The summed E-state index contributed by atoms with van der Waals surface area (Å²) in [5.41, 5.74) is 7.62. The first kappa shape index (κ1) is 15.3. The Kier molecular flexibility index (Phi) is 4.06. The van der Waals surface area contributed by atoms with Gasteiger partial charge in [0.05, 0.1) is 27.3 Å². The van der Waals surface area contributed by atoms with Gasteiger partial charge in [-0.25, -0.2) is 0 Å². The first-order valence-electron chi connectivity index (χ1n) is 7.16. The van der Waals surface area contributed by atoms with Crippen molar-refractivity contribution in [3.63, 3.8) is 0 Å². The van der Waals surface area contributed by atoms with Crippen LogP contribution in [0.2, 0.25) is 10.0 Å². The zero-order valence-electron chi connectivity index (χ0n) is 12.2. The lowest BCUT2D eigenvalue weighted by molar-refractivity contribution is 0.0731. The molecule has 2 N–H and O–H groups in total. The van der Waals surface area contributed by atoms with Crippen LogP contribution in [0.15, 0.2) is 30.5 Å². The number of carbonyl (C=O) groups excluding carboxylic acids is 1. The lowest BCUT2D eigenvalue weighted by atomic mass is 10.1. The van der Waals surface area contributed by atoms with E-state index in [0.717, 1.165) is 18.5 Å². The number of amides is 1. The number of nitrogen functional groups attached to an aromatic ring is 1. The number of halogens is 2. The third kappa shape index (κ3) is 2.46. The molecule has 0 aliphatic carbocycles. The molecule has 2 aromatic rings. The summed E-state index contributed by atoms with van der Waals surface area (Å²) in [4.78, 5) is 14.7. The molecule has 2 heterocycles. The van der Waals surface area contributed by atoms with Gasteiger partial charge in [-0.05, 0) is 37.1 Å². The van der Waals surface area contributed by atoms with E-state index in [1.165, 1.54) is 0 Å².